The summed E-state index contributed by atoms with van der Waals surface area (Å²) in [5.74, 6) is 0. The van der Waals surface area contributed by atoms with Gasteiger partial charge in [-0.15, -0.1) is 5.10 Å². The first-order chi connectivity index (χ1) is 8.76. The quantitative estimate of drug-likeness (QED) is 0.811. The minimum atomic E-state index is 0.157. The molecule has 1 aliphatic rings. The van der Waals surface area contributed by atoms with Crippen molar-refractivity contribution in [2.24, 2.45) is 7.05 Å². The summed E-state index contributed by atoms with van der Waals surface area (Å²) in [6.45, 7) is 9.05. The fraction of sp³-hybridized carbons (Fsp3) is 0.833. The van der Waals surface area contributed by atoms with Gasteiger partial charge in [0.15, 0.2) is 0 Å². The van der Waals surface area contributed by atoms with E-state index in [1.165, 1.54) is 0 Å². The van der Waals surface area contributed by atoms with Gasteiger partial charge in [-0.1, -0.05) is 19.1 Å². The molecule has 1 aromatic rings. The average molecular weight is 253 g/mol. The summed E-state index contributed by atoms with van der Waals surface area (Å²) in [5.41, 5.74) is 1.08. The third-order valence-corrected chi connectivity index (χ3v) is 3.49. The van der Waals surface area contributed by atoms with Crippen molar-refractivity contribution in [1.29, 1.82) is 0 Å². The molecule has 1 fully saturated rings. The maximum atomic E-state index is 5.93. The highest BCUT2D eigenvalue weighted by Crippen LogP contribution is 2.21. The Balaban J connectivity index is 2.12. The monoisotopic (exact) mass is 253 g/mol. The zero-order valence-corrected chi connectivity index (χ0v) is 11.5. The molecule has 2 atom stereocenters. The predicted molar refractivity (Wildman–Crippen MR) is 69.3 cm³/mol. The standard InChI is InChI=1S/C12H23N5O/c1-4-13-12(10-8-14-15-16(10)3)11-9-17(5-2)6-7-18-11/h8,11-13H,4-7,9H2,1-3H3. The van der Waals surface area contributed by atoms with E-state index < -0.39 is 0 Å². The highest BCUT2D eigenvalue weighted by Gasteiger charge is 2.30. The fourth-order valence-electron chi connectivity index (χ4n) is 2.45. The first-order valence-electron chi connectivity index (χ1n) is 6.68. The van der Waals surface area contributed by atoms with Crippen molar-refractivity contribution in [2.45, 2.75) is 26.0 Å². The van der Waals surface area contributed by atoms with Gasteiger partial charge in [0.05, 0.1) is 30.6 Å². The Kier molecular flexibility index (Phi) is 4.68. The summed E-state index contributed by atoms with van der Waals surface area (Å²) in [7, 11) is 1.92. The molecule has 0 aromatic carbocycles. The molecule has 2 unspecified atom stereocenters. The van der Waals surface area contributed by atoms with Crippen LogP contribution in [0.2, 0.25) is 0 Å². The maximum Gasteiger partial charge on any atom is 0.0912 e. The smallest absolute Gasteiger partial charge is 0.0912 e. The summed E-state index contributed by atoms with van der Waals surface area (Å²) in [6, 6.07) is 0.157. The second-order valence-corrected chi connectivity index (χ2v) is 4.62. The van der Waals surface area contributed by atoms with Crippen molar-refractivity contribution in [2.75, 3.05) is 32.8 Å². The third-order valence-electron chi connectivity index (χ3n) is 3.49. The van der Waals surface area contributed by atoms with Crippen LogP contribution in [0.15, 0.2) is 6.20 Å². The summed E-state index contributed by atoms with van der Waals surface area (Å²) in [4.78, 5) is 2.42. The van der Waals surface area contributed by atoms with E-state index in [-0.39, 0.29) is 12.1 Å². The average Bonchev–Trinajstić information content (AvgIpc) is 2.82. The molecule has 18 heavy (non-hydrogen) atoms. The predicted octanol–water partition coefficient (Wildman–Crippen LogP) is 0.186. The van der Waals surface area contributed by atoms with Crippen LogP contribution in [0.5, 0.6) is 0 Å². The highest BCUT2D eigenvalue weighted by atomic mass is 16.5. The van der Waals surface area contributed by atoms with Crippen molar-refractivity contribution < 1.29 is 4.74 Å². The van der Waals surface area contributed by atoms with E-state index >= 15 is 0 Å². The Labute approximate surface area is 108 Å². The van der Waals surface area contributed by atoms with E-state index in [1.54, 1.807) is 0 Å². The number of aromatic nitrogens is 3. The SMILES string of the molecule is CCNC(c1cnnn1C)C1CN(CC)CCO1. The van der Waals surface area contributed by atoms with Gasteiger partial charge in [-0.2, -0.15) is 0 Å². The van der Waals surface area contributed by atoms with Gasteiger partial charge in [-0.3, -0.25) is 9.58 Å². The Morgan fingerprint density at radius 3 is 3.00 bits per heavy atom. The number of hydrogen-bond donors (Lipinski definition) is 1. The topological polar surface area (TPSA) is 55.2 Å². The first kappa shape index (κ1) is 13.5. The molecule has 0 saturated carbocycles. The second kappa shape index (κ2) is 6.26. The van der Waals surface area contributed by atoms with Crippen molar-refractivity contribution in [3.05, 3.63) is 11.9 Å². The zero-order valence-electron chi connectivity index (χ0n) is 11.5. The highest BCUT2D eigenvalue weighted by molar-refractivity contribution is 5.06. The van der Waals surface area contributed by atoms with Crippen LogP contribution in [-0.4, -0.2) is 58.8 Å². The van der Waals surface area contributed by atoms with E-state index in [0.29, 0.717) is 0 Å². The van der Waals surface area contributed by atoms with Gasteiger partial charge in [-0.25, -0.2) is 0 Å². The number of hydrogen-bond acceptors (Lipinski definition) is 5. The number of likely N-dealkylation sites (N-methyl/N-ethyl adjacent to an activating group) is 2. The summed E-state index contributed by atoms with van der Waals surface area (Å²) in [5, 5.41) is 11.5. The van der Waals surface area contributed by atoms with E-state index in [1.807, 2.05) is 17.9 Å². The summed E-state index contributed by atoms with van der Waals surface area (Å²) in [6.07, 6.45) is 1.98. The summed E-state index contributed by atoms with van der Waals surface area (Å²) < 4.78 is 7.75. The van der Waals surface area contributed by atoms with Gasteiger partial charge in [0.2, 0.25) is 0 Å². The van der Waals surface area contributed by atoms with Crippen molar-refractivity contribution >= 4 is 0 Å². The largest absolute Gasteiger partial charge is 0.374 e. The molecule has 6 heteroatoms. The number of nitrogens with one attached hydrogen (secondary N) is 1. The minimum Gasteiger partial charge on any atom is -0.374 e. The molecule has 0 bridgehead atoms. The Bertz CT molecular complexity index is 367. The number of ether oxygens (including phenoxy) is 1. The van der Waals surface area contributed by atoms with E-state index in [0.717, 1.165) is 38.5 Å². The molecule has 6 nitrogen and oxygen atoms in total. The zero-order chi connectivity index (χ0) is 13.0. The molecule has 1 N–H and O–H groups in total. The van der Waals surface area contributed by atoms with Gasteiger partial charge in [0.1, 0.15) is 0 Å². The first-order valence-corrected chi connectivity index (χ1v) is 6.68. The van der Waals surface area contributed by atoms with Gasteiger partial charge in [0, 0.05) is 20.1 Å². The molecule has 0 spiro atoms. The molecular formula is C12H23N5O. The minimum absolute atomic E-state index is 0.157. The maximum absolute atomic E-state index is 5.93. The Hall–Kier alpha value is -0.980. The Morgan fingerprint density at radius 2 is 2.39 bits per heavy atom. The number of aryl methyl sites for hydroxylation is 1. The molecule has 0 radical (unpaired) electrons. The lowest BCUT2D eigenvalue weighted by Gasteiger charge is -2.36. The molecule has 102 valence electrons. The lowest BCUT2D eigenvalue weighted by molar-refractivity contribution is -0.0466. The molecule has 0 amide bonds. The fourth-order valence-corrected chi connectivity index (χ4v) is 2.45. The number of morpholine rings is 1. The van der Waals surface area contributed by atoms with Crippen LogP contribution in [0.4, 0.5) is 0 Å². The van der Waals surface area contributed by atoms with Crippen LogP contribution < -0.4 is 5.32 Å². The van der Waals surface area contributed by atoms with Crippen molar-refractivity contribution in [1.82, 2.24) is 25.2 Å². The molecule has 0 aliphatic carbocycles. The molecule has 1 aromatic heterocycles. The van der Waals surface area contributed by atoms with Crippen LogP contribution >= 0.6 is 0 Å². The van der Waals surface area contributed by atoms with E-state index in [2.05, 4.69) is 34.4 Å². The summed E-state index contributed by atoms with van der Waals surface area (Å²) >= 11 is 0. The van der Waals surface area contributed by atoms with Crippen LogP contribution in [0, 0.1) is 0 Å². The molecule has 2 heterocycles. The van der Waals surface area contributed by atoms with Gasteiger partial charge >= 0.3 is 0 Å². The van der Waals surface area contributed by atoms with Gasteiger partial charge in [-0.05, 0) is 13.1 Å². The van der Waals surface area contributed by atoms with Crippen LogP contribution in [0.25, 0.3) is 0 Å². The Morgan fingerprint density at radius 1 is 1.56 bits per heavy atom. The molecule has 1 aliphatic heterocycles. The lowest BCUT2D eigenvalue weighted by Crippen LogP contribution is -2.48. The number of nitrogens with zero attached hydrogens (tertiary/aromatic N) is 4. The van der Waals surface area contributed by atoms with Crippen LogP contribution in [0.1, 0.15) is 25.6 Å². The lowest BCUT2D eigenvalue weighted by atomic mass is 10.1. The molecule has 2 rings (SSSR count). The van der Waals surface area contributed by atoms with Gasteiger partial charge in [0.25, 0.3) is 0 Å². The van der Waals surface area contributed by atoms with Crippen molar-refractivity contribution in [3.8, 4) is 0 Å². The van der Waals surface area contributed by atoms with Crippen LogP contribution in [0.3, 0.4) is 0 Å². The molecular weight excluding hydrogens is 230 g/mol. The third kappa shape index (κ3) is 2.88. The second-order valence-electron chi connectivity index (χ2n) is 4.62. The molecule has 1 saturated heterocycles. The van der Waals surface area contributed by atoms with Gasteiger partial charge < -0.3 is 10.1 Å². The number of rotatable bonds is 5. The van der Waals surface area contributed by atoms with E-state index in [4.69, 9.17) is 4.74 Å². The van der Waals surface area contributed by atoms with E-state index in [9.17, 15) is 0 Å². The van der Waals surface area contributed by atoms with Crippen molar-refractivity contribution in [3.63, 3.8) is 0 Å². The van der Waals surface area contributed by atoms with Crippen LogP contribution in [-0.2, 0) is 11.8 Å². The normalized spacial score (nSPS) is 23.2.